The fourth-order valence-corrected chi connectivity index (χ4v) is 3.41. The number of amides is 1. The molecule has 1 amide bonds. The average molecular weight is 325 g/mol. The lowest BCUT2D eigenvalue weighted by molar-refractivity contribution is -0.123. The van der Waals surface area contributed by atoms with Gasteiger partial charge in [-0.15, -0.1) is 0 Å². The largest absolute Gasteiger partial charge is 0.387 e. The highest BCUT2D eigenvalue weighted by atomic mass is 16.3. The van der Waals surface area contributed by atoms with E-state index in [0.717, 1.165) is 28.7 Å². The van der Waals surface area contributed by atoms with Crippen LogP contribution in [0.25, 0.3) is 10.8 Å². The Labute approximate surface area is 141 Å². The standard InChI is InChI=1S/C19H23N3O2/c23-18(15-8-5-12-3-1-2-4-14(12)9-15)11-20-19(24)17-10-16(21-22-17)13-6-7-13/h1-5,8-9,13,16-18,21-23H,6-7,10-11H2,(H,20,24). The minimum atomic E-state index is -0.702. The number of aliphatic hydroxyl groups is 1. The molecule has 0 bridgehead atoms. The van der Waals surface area contributed by atoms with Crippen molar-refractivity contribution in [3.05, 3.63) is 48.0 Å². The van der Waals surface area contributed by atoms with Crippen molar-refractivity contribution < 1.29 is 9.90 Å². The van der Waals surface area contributed by atoms with Crippen LogP contribution in [0, 0.1) is 5.92 Å². The third kappa shape index (κ3) is 3.29. The molecule has 3 atom stereocenters. The number of carbonyl (C=O) groups is 1. The summed E-state index contributed by atoms with van der Waals surface area (Å²) < 4.78 is 0. The van der Waals surface area contributed by atoms with Gasteiger partial charge >= 0.3 is 0 Å². The Kier molecular flexibility index (Phi) is 4.22. The van der Waals surface area contributed by atoms with Gasteiger partial charge in [0.05, 0.1) is 6.10 Å². The second-order valence-electron chi connectivity index (χ2n) is 6.89. The summed E-state index contributed by atoms with van der Waals surface area (Å²) in [6.07, 6.45) is 2.64. The molecule has 126 valence electrons. The zero-order valence-electron chi connectivity index (χ0n) is 13.5. The van der Waals surface area contributed by atoms with Gasteiger partial charge in [-0.2, -0.15) is 0 Å². The fraction of sp³-hybridized carbons (Fsp3) is 0.421. The van der Waals surface area contributed by atoms with Crippen molar-refractivity contribution in [3.8, 4) is 0 Å². The van der Waals surface area contributed by atoms with E-state index in [-0.39, 0.29) is 18.5 Å². The lowest BCUT2D eigenvalue weighted by Gasteiger charge is -2.15. The Morgan fingerprint density at radius 1 is 1.17 bits per heavy atom. The molecule has 1 aliphatic heterocycles. The molecule has 0 radical (unpaired) electrons. The van der Waals surface area contributed by atoms with Gasteiger partial charge in [-0.05, 0) is 47.6 Å². The Hall–Kier alpha value is -1.95. The smallest absolute Gasteiger partial charge is 0.238 e. The molecule has 2 fully saturated rings. The second kappa shape index (κ2) is 6.51. The molecule has 1 saturated carbocycles. The van der Waals surface area contributed by atoms with Crippen molar-refractivity contribution in [2.75, 3.05) is 6.54 Å². The molecule has 3 unspecified atom stereocenters. The maximum Gasteiger partial charge on any atom is 0.238 e. The quantitative estimate of drug-likeness (QED) is 0.674. The van der Waals surface area contributed by atoms with Crippen LogP contribution in [0.2, 0.25) is 0 Å². The zero-order valence-corrected chi connectivity index (χ0v) is 13.5. The number of carbonyl (C=O) groups excluding carboxylic acids is 1. The van der Waals surface area contributed by atoms with E-state index in [1.807, 2.05) is 42.5 Å². The number of hydrogen-bond acceptors (Lipinski definition) is 4. The van der Waals surface area contributed by atoms with Crippen molar-refractivity contribution in [1.82, 2.24) is 16.2 Å². The molecule has 0 aromatic heterocycles. The van der Waals surface area contributed by atoms with Crippen LogP contribution in [0.5, 0.6) is 0 Å². The lowest BCUT2D eigenvalue weighted by atomic mass is 10.0. The highest BCUT2D eigenvalue weighted by Crippen LogP contribution is 2.35. The zero-order chi connectivity index (χ0) is 16.5. The normalized spacial score (nSPS) is 24.9. The first-order valence-corrected chi connectivity index (χ1v) is 8.66. The summed E-state index contributed by atoms with van der Waals surface area (Å²) in [6.45, 7) is 0.226. The summed E-state index contributed by atoms with van der Waals surface area (Å²) in [5.74, 6) is 0.670. The maximum absolute atomic E-state index is 12.3. The highest BCUT2D eigenvalue weighted by Gasteiger charge is 2.38. The van der Waals surface area contributed by atoms with Crippen molar-refractivity contribution in [2.24, 2.45) is 5.92 Å². The van der Waals surface area contributed by atoms with Crippen LogP contribution in [0.1, 0.15) is 30.9 Å². The molecule has 5 heteroatoms. The number of benzene rings is 2. The minimum absolute atomic E-state index is 0.0505. The first-order chi connectivity index (χ1) is 11.7. The maximum atomic E-state index is 12.3. The highest BCUT2D eigenvalue weighted by molar-refractivity contribution is 5.83. The summed E-state index contributed by atoms with van der Waals surface area (Å²) in [6, 6.07) is 14.1. The van der Waals surface area contributed by atoms with Crippen LogP contribution in [0.3, 0.4) is 0 Å². The number of rotatable bonds is 5. The lowest BCUT2D eigenvalue weighted by Crippen LogP contribution is -2.44. The molecular weight excluding hydrogens is 302 g/mol. The predicted molar refractivity (Wildman–Crippen MR) is 93.1 cm³/mol. The second-order valence-corrected chi connectivity index (χ2v) is 6.89. The van der Waals surface area contributed by atoms with Gasteiger partial charge in [0.15, 0.2) is 0 Å². The third-order valence-electron chi connectivity index (χ3n) is 5.07. The first-order valence-electron chi connectivity index (χ1n) is 8.66. The molecule has 4 N–H and O–H groups in total. The summed E-state index contributed by atoms with van der Waals surface area (Å²) in [5.41, 5.74) is 7.11. The molecule has 2 aromatic carbocycles. The van der Waals surface area contributed by atoms with E-state index in [2.05, 4.69) is 16.2 Å². The molecule has 1 aliphatic carbocycles. The predicted octanol–water partition coefficient (Wildman–Crippen LogP) is 1.63. The monoisotopic (exact) mass is 325 g/mol. The summed E-state index contributed by atoms with van der Waals surface area (Å²) in [5, 5.41) is 15.5. The first kappa shape index (κ1) is 15.6. The van der Waals surface area contributed by atoms with Crippen molar-refractivity contribution in [1.29, 1.82) is 0 Å². The Balaban J connectivity index is 1.33. The minimum Gasteiger partial charge on any atom is -0.387 e. The van der Waals surface area contributed by atoms with Crippen LogP contribution >= 0.6 is 0 Å². The molecule has 1 saturated heterocycles. The molecule has 0 spiro atoms. The van der Waals surface area contributed by atoms with Crippen molar-refractivity contribution in [3.63, 3.8) is 0 Å². The molecule has 2 aliphatic rings. The molecule has 4 rings (SSSR count). The van der Waals surface area contributed by atoms with E-state index >= 15 is 0 Å². The van der Waals surface area contributed by atoms with Crippen LogP contribution in [0.4, 0.5) is 0 Å². The summed E-state index contributed by atoms with van der Waals surface area (Å²) in [7, 11) is 0. The number of hydrogen-bond donors (Lipinski definition) is 4. The van der Waals surface area contributed by atoms with Gasteiger partial charge in [-0.25, -0.2) is 5.43 Å². The van der Waals surface area contributed by atoms with Crippen LogP contribution in [-0.4, -0.2) is 29.6 Å². The van der Waals surface area contributed by atoms with Crippen LogP contribution in [0.15, 0.2) is 42.5 Å². The Morgan fingerprint density at radius 2 is 1.96 bits per heavy atom. The van der Waals surface area contributed by atoms with Gasteiger partial charge in [0, 0.05) is 12.6 Å². The third-order valence-corrected chi connectivity index (χ3v) is 5.07. The number of nitrogens with one attached hydrogen (secondary N) is 3. The van der Waals surface area contributed by atoms with Gasteiger partial charge in [-0.1, -0.05) is 36.4 Å². The van der Waals surface area contributed by atoms with Gasteiger partial charge in [0.25, 0.3) is 0 Å². The topological polar surface area (TPSA) is 73.4 Å². The van der Waals surface area contributed by atoms with Crippen molar-refractivity contribution >= 4 is 16.7 Å². The van der Waals surface area contributed by atoms with E-state index in [4.69, 9.17) is 0 Å². The van der Waals surface area contributed by atoms with E-state index in [1.165, 1.54) is 12.8 Å². The average Bonchev–Trinajstić information content (AvgIpc) is 3.35. The number of hydrazine groups is 1. The SMILES string of the molecule is O=C(NCC(O)c1ccc2ccccc2c1)C1CC(C2CC2)NN1. The molecule has 1 heterocycles. The number of fused-ring (bicyclic) bond motifs is 1. The van der Waals surface area contributed by atoms with Crippen LogP contribution < -0.4 is 16.2 Å². The summed E-state index contributed by atoms with van der Waals surface area (Å²) in [4.78, 5) is 12.3. The summed E-state index contributed by atoms with van der Waals surface area (Å²) >= 11 is 0. The Bertz CT molecular complexity index is 744. The Morgan fingerprint density at radius 3 is 2.75 bits per heavy atom. The van der Waals surface area contributed by atoms with E-state index < -0.39 is 6.10 Å². The number of aliphatic hydroxyl groups excluding tert-OH is 1. The van der Waals surface area contributed by atoms with E-state index in [9.17, 15) is 9.90 Å². The van der Waals surface area contributed by atoms with Gasteiger partial charge in [0.2, 0.25) is 5.91 Å². The molecule has 2 aromatic rings. The molecular formula is C19H23N3O2. The fourth-order valence-electron chi connectivity index (χ4n) is 3.41. The molecule has 24 heavy (non-hydrogen) atoms. The van der Waals surface area contributed by atoms with E-state index in [0.29, 0.717) is 6.04 Å². The van der Waals surface area contributed by atoms with E-state index in [1.54, 1.807) is 0 Å². The van der Waals surface area contributed by atoms with Gasteiger partial charge in [-0.3, -0.25) is 10.2 Å². The van der Waals surface area contributed by atoms with Crippen LogP contribution in [-0.2, 0) is 4.79 Å². The van der Waals surface area contributed by atoms with Gasteiger partial charge in [0.1, 0.15) is 6.04 Å². The van der Waals surface area contributed by atoms with Gasteiger partial charge < -0.3 is 10.4 Å². The molecule has 5 nitrogen and oxygen atoms in total. The van der Waals surface area contributed by atoms with Crippen molar-refractivity contribution in [2.45, 2.75) is 37.5 Å².